The van der Waals surface area contributed by atoms with Crippen molar-refractivity contribution in [1.82, 2.24) is 15.1 Å². The molecule has 4 aromatic rings. The number of piperazine rings is 1. The van der Waals surface area contributed by atoms with Crippen molar-refractivity contribution in [3.63, 3.8) is 0 Å². The summed E-state index contributed by atoms with van der Waals surface area (Å²) >= 11 is 0. The summed E-state index contributed by atoms with van der Waals surface area (Å²) in [5, 5.41) is 3.04. The highest BCUT2D eigenvalue weighted by molar-refractivity contribution is 7.92. The molecule has 1 fully saturated rings. The molecule has 1 aliphatic rings. The van der Waals surface area contributed by atoms with Gasteiger partial charge in [-0.1, -0.05) is 26.0 Å². The van der Waals surface area contributed by atoms with Crippen molar-refractivity contribution >= 4 is 44.6 Å². The van der Waals surface area contributed by atoms with Crippen LogP contribution in [0.3, 0.4) is 0 Å². The molecule has 0 saturated carbocycles. The molecule has 11 nitrogen and oxygen atoms in total. The second kappa shape index (κ2) is 15.3. The van der Waals surface area contributed by atoms with Gasteiger partial charge in [0.2, 0.25) is 10.0 Å². The van der Waals surface area contributed by atoms with Gasteiger partial charge in [0.1, 0.15) is 22.8 Å². The molecule has 3 aromatic carbocycles. The van der Waals surface area contributed by atoms with Crippen molar-refractivity contribution in [2.24, 2.45) is 0 Å². The highest BCUT2D eigenvalue weighted by atomic mass is 32.2. The molecular formula is C37H45FN4O7S. The SMILES string of the molecule is CC.CCN(c1cc2oc(-c3ccc(F)cc3)c(C(=O)NC)c2cc1-c1cccc(C(=O)N2CCN(C(=O)OC(C)(C)C)CC2)c1)S(C)(=O)=O. The molecule has 1 aliphatic heterocycles. The van der Waals surface area contributed by atoms with E-state index in [1.54, 1.807) is 73.9 Å². The van der Waals surface area contributed by atoms with Gasteiger partial charge in [0.15, 0.2) is 0 Å². The van der Waals surface area contributed by atoms with Crippen LogP contribution in [0.5, 0.6) is 0 Å². The van der Waals surface area contributed by atoms with Crippen LogP contribution >= 0.6 is 0 Å². The zero-order valence-electron chi connectivity index (χ0n) is 29.8. The second-order valence-electron chi connectivity index (χ2n) is 12.5. The largest absolute Gasteiger partial charge is 0.455 e. The molecule has 0 atom stereocenters. The lowest BCUT2D eigenvalue weighted by Crippen LogP contribution is -2.51. The van der Waals surface area contributed by atoms with Crippen LogP contribution in [0.4, 0.5) is 14.9 Å². The molecular weight excluding hydrogens is 663 g/mol. The molecule has 13 heteroatoms. The summed E-state index contributed by atoms with van der Waals surface area (Å²) in [5.74, 6) is -0.945. The number of nitrogens with zero attached hydrogens (tertiary/aromatic N) is 3. The van der Waals surface area contributed by atoms with Crippen molar-refractivity contribution in [2.45, 2.75) is 47.1 Å². The lowest BCUT2D eigenvalue weighted by atomic mass is 9.97. The van der Waals surface area contributed by atoms with Crippen molar-refractivity contribution in [3.8, 4) is 22.5 Å². The van der Waals surface area contributed by atoms with E-state index < -0.39 is 33.4 Å². The monoisotopic (exact) mass is 708 g/mol. The third-order valence-electron chi connectivity index (χ3n) is 7.96. The summed E-state index contributed by atoms with van der Waals surface area (Å²) in [5.41, 5.74) is 1.95. The molecule has 1 aromatic heterocycles. The first-order valence-corrected chi connectivity index (χ1v) is 18.4. The van der Waals surface area contributed by atoms with E-state index in [1.165, 1.54) is 35.6 Å². The summed E-state index contributed by atoms with van der Waals surface area (Å²) in [7, 11) is -2.28. The number of rotatable bonds is 7. The molecule has 50 heavy (non-hydrogen) atoms. The van der Waals surface area contributed by atoms with Crippen molar-refractivity contribution in [1.29, 1.82) is 0 Å². The number of fused-ring (bicyclic) bond motifs is 1. The number of amides is 3. The van der Waals surface area contributed by atoms with E-state index in [9.17, 15) is 27.2 Å². The fraction of sp³-hybridized carbons (Fsp3) is 0.378. The van der Waals surface area contributed by atoms with Gasteiger partial charge >= 0.3 is 6.09 Å². The minimum absolute atomic E-state index is 0.103. The normalized spacial score (nSPS) is 13.4. The topological polar surface area (TPSA) is 129 Å². The zero-order valence-corrected chi connectivity index (χ0v) is 30.6. The number of hydrogen-bond acceptors (Lipinski definition) is 7. The average molecular weight is 709 g/mol. The van der Waals surface area contributed by atoms with Crippen LogP contribution < -0.4 is 9.62 Å². The highest BCUT2D eigenvalue weighted by Gasteiger charge is 2.30. The molecule has 268 valence electrons. The standard InChI is InChI=1S/C35H39FN4O7S.C2H6/c1-7-40(48(6,44)45)28-21-29-27(30(32(41)37-5)31(46-29)22-11-13-25(36)14-12-22)20-26(28)23-9-8-10-24(19-23)33(42)38-15-17-39(18-16-38)34(43)47-35(2,3)4;1-2/h8-14,19-21H,7,15-18H2,1-6H3,(H,37,41);1-2H3. The van der Waals surface area contributed by atoms with Gasteiger partial charge in [-0.25, -0.2) is 17.6 Å². The van der Waals surface area contributed by atoms with E-state index in [0.29, 0.717) is 59.5 Å². The van der Waals surface area contributed by atoms with E-state index in [4.69, 9.17) is 9.15 Å². The van der Waals surface area contributed by atoms with Crippen LogP contribution in [-0.4, -0.2) is 87.8 Å². The highest BCUT2D eigenvalue weighted by Crippen LogP contribution is 2.42. The predicted octanol–water partition coefficient (Wildman–Crippen LogP) is 6.77. The Balaban J connectivity index is 0.00000276. The van der Waals surface area contributed by atoms with Gasteiger partial charge in [-0.15, -0.1) is 0 Å². The van der Waals surface area contributed by atoms with Crippen molar-refractivity contribution < 1.29 is 36.3 Å². The minimum atomic E-state index is -3.76. The summed E-state index contributed by atoms with van der Waals surface area (Å²) < 4.78 is 52.6. The lowest BCUT2D eigenvalue weighted by molar-refractivity contribution is 0.0141. The number of carbonyl (C=O) groups is 3. The van der Waals surface area contributed by atoms with Gasteiger partial charge in [-0.2, -0.15) is 0 Å². The molecule has 1 N–H and O–H groups in total. The van der Waals surface area contributed by atoms with Crippen LogP contribution in [-0.2, 0) is 14.8 Å². The Morgan fingerprint density at radius 1 is 0.940 bits per heavy atom. The molecule has 0 aliphatic carbocycles. The molecule has 1 saturated heterocycles. The summed E-state index contributed by atoms with van der Waals surface area (Å²) in [6.07, 6.45) is 0.674. The molecule has 0 radical (unpaired) electrons. The molecule has 3 amide bonds. The smallest absolute Gasteiger partial charge is 0.410 e. The van der Waals surface area contributed by atoms with E-state index >= 15 is 0 Å². The van der Waals surface area contributed by atoms with Crippen molar-refractivity contribution in [3.05, 3.63) is 77.6 Å². The van der Waals surface area contributed by atoms with E-state index in [0.717, 1.165) is 6.26 Å². The Bertz CT molecular complexity index is 1980. The number of ether oxygens (including phenoxy) is 1. The van der Waals surface area contributed by atoms with E-state index in [2.05, 4.69) is 5.32 Å². The predicted molar refractivity (Wildman–Crippen MR) is 193 cm³/mol. The number of halogens is 1. The Kier molecular flexibility index (Phi) is 11.6. The first-order chi connectivity index (χ1) is 23.6. The maximum absolute atomic E-state index is 13.8. The van der Waals surface area contributed by atoms with Gasteiger partial charge in [0.05, 0.1) is 17.5 Å². The van der Waals surface area contributed by atoms with Crippen LogP contribution in [0.15, 0.2) is 65.1 Å². The lowest BCUT2D eigenvalue weighted by Gasteiger charge is -2.35. The number of nitrogens with one attached hydrogen (secondary N) is 1. The number of furan rings is 1. The summed E-state index contributed by atoms with van der Waals surface area (Å²) in [6.45, 7) is 12.5. The minimum Gasteiger partial charge on any atom is -0.455 e. The molecule has 0 bridgehead atoms. The number of benzene rings is 3. The van der Waals surface area contributed by atoms with Crippen LogP contribution in [0.25, 0.3) is 33.4 Å². The number of hydrogen-bond donors (Lipinski definition) is 1. The third-order valence-corrected chi connectivity index (χ3v) is 9.22. The second-order valence-corrected chi connectivity index (χ2v) is 14.4. The molecule has 2 heterocycles. The first-order valence-electron chi connectivity index (χ1n) is 16.5. The Labute approximate surface area is 293 Å². The van der Waals surface area contributed by atoms with Crippen LogP contribution in [0, 0.1) is 5.82 Å². The average Bonchev–Trinajstić information content (AvgIpc) is 3.46. The summed E-state index contributed by atoms with van der Waals surface area (Å²) in [6, 6.07) is 15.6. The van der Waals surface area contributed by atoms with Gasteiger partial charge in [-0.05, 0) is 75.7 Å². The van der Waals surface area contributed by atoms with Crippen molar-refractivity contribution in [2.75, 3.05) is 50.3 Å². The first kappa shape index (κ1) is 37.9. The maximum atomic E-state index is 13.8. The fourth-order valence-corrected chi connectivity index (χ4v) is 6.71. The zero-order chi connectivity index (χ0) is 37.0. The maximum Gasteiger partial charge on any atom is 0.410 e. The van der Waals surface area contributed by atoms with Crippen LogP contribution in [0.1, 0.15) is 62.3 Å². The van der Waals surface area contributed by atoms with E-state index in [1.807, 2.05) is 13.8 Å². The third kappa shape index (κ3) is 8.27. The fourth-order valence-electron chi connectivity index (χ4n) is 5.73. The van der Waals surface area contributed by atoms with Crippen LogP contribution in [0.2, 0.25) is 0 Å². The Hall–Kier alpha value is -4.91. The van der Waals surface area contributed by atoms with Gasteiger partial charge < -0.3 is 24.3 Å². The van der Waals surface area contributed by atoms with E-state index in [-0.39, 0.29) is 29.4 Å². The molecule has 0 unspecified atom stereocenters. The number of anilines is 1. The quantitative estimate of drug-likeness (QED) is 0.224. The number of carbonyl (C=O) groups excluding carboxylic acids is 3. The summed E-state index contributed by atoms with van der Waals surface area (Å²) in [4.78, 5) is 42.7. The number of sulfonamides is 1. The molecule has 5 rings (SSSR count). The Morgan fingerprint density at radius 2 is 1.56 bits per heavy atom. The van der Waals surface area contributed by atoms with Gasteiger partial charge in [0, 0.05) is 67.9 Å². The molecule has 0 spiro atoms. The van der Waals surface area contributed by atoms with Gasteiger partial charge in [-0.3, -0.25) is 13.9 Å². The Morgan fingerprint density at radius 3 is 2.12 bits per heavy atom. The van der Waals surface area contributed by atoms with Gasteiger partial charge in [0.25, 0.3) is 11.8 Å².